The van der Waals surface area contributed by atoms with Gasteiger partial charge in [-0.05, 0) is 58.2 Å². The normalized spacial score (nSPS) is 33.5. The Balaban J connectivity index is 1.68. The fraction of sp³-hybridized carbons (Fsp3) is 1.00. The summed E-state index contributed by atoms with van der Waals surface area (Å²) < 4.78 is 6.12. The molecule has 2 aliphatic rings. The van der Waals surface area contributed by atoms with E-state index in [0.29, 0.717) is 12.2 Å². The molecule has 2 aliphatic heterocycles. The minimum Gasteiger partial charge on any atom is -0.372 e. The number of rotatable bonds is 6. The Kier molecular flexibility index (Phi) is 6.62. The van der Waals surface area contributed by atoms with E-state index in [1.165, 1.54) is 64.6 Å². The molecule has 0 spiro atoms. The zero-order valence-electron chi connectivity index (χ0n) is 12.9. The number of nitrogens with zero attached hydrogens (tertiary/aromatic N) is 1. The van der Waals surface area contributed by atoms with E-state index in [4.69, 9.17) is 4.74 Å². The maximum atomic E-state index is 6.12. The van der Waals surface area contributed by atoms with Crippen molar-refractivity contribution in [1.29, 1.82) is 0 Å². The van der Waals surface area contributed by atoms with Gasteiger partial charge in [-0.25, -0.2) is 0 Å². The summed E-state index contributed by atoms with van der Waals surface area (Å²) in [5, 5.41) is 3.23. The summed E-state index contributed by atoms with van der Waals surface area (Å²) in [6.07, 6.45) is 10.4. The van der Waals surface area contributed by atoms with Gasteiger partial charge in [-0.2, -0.15) is 0 Å². The molecule has 0 amide bonds. The molecule has 3 heteroatoms. The Hall–Kier alpha value is -0.120. The molecule has 0 aliphatic carbocycles. The first-order valence-corrected chi connectivity index (χ1v) is 8.34. The molecular formula is C16H32N2O. The van der Waals surface area contributed by atoms with Crippen LogP contribution in [0.3, 0.4) is 0 Å². The highest BCUT2D eigenvalue weighted by Gasteiger charge is 2.27. The van der Waals surface area contributed by atoms with Crippen LogP contribution in [0.15, 0.2) is 0 Å². The van der Waals surface area contributed by atoms with Crippen molar-refractivity contribution < 1.29 is 4.74 Å². The first kappa shape index (κ1) is 15.3. The molecule has 0 saturated carbocycles. The average Bonchev–Trinajstić information content (AvgIpc) is 2.71. The third-order valence-corrected chi connectivity index (χ3v) is 4.73. The Morgan fingerprint density at radius 1 is 1.11 bits per heavy atom. The zero-order chi connectivity index (χ0) is 13.5. The summed E-state index contributed by atoms with van der Waals surface area (Å²) in [5.74, 6) is 0.983. The second kappa shape index (κ2) is 8.23. The second-order valence-electron chi connectivity index (χ2n) is 6.40. The van der Waals surface area contributed by atoms with E-state index in [-0.39, 0.29) is 0 Å². The second-order valence-corrected chi connectivity index (χ2v) is 6.40. The zero-order valence-corrected chi connectivity index (χ0v) is 12.9. The standard InChI is InChI=1S/C16H32N2O/c1-3-5-14-6-4-10-18(11-9-14)13-16-8-7-15(19-16)12-17-2/h14-17H,3-13H2,1-2H3. The molecule has 112 valence electrons. The number of likely N-dealkylation sites (N-methyl/N-ethyl adjacent to an activating group) is 1. The predicted octanol–water partition coefficient (Wildman–Crippen LogP) is 2.66. The monoisotopic (exact) mass is 268 g/mol. The summed E-state index contributed by atoms with van der Waals surface area (Å²) in [4.78, 5) is 2.65. The highest BCUT2D eigenvalue weighted by Crippen LogP contribution is 2.24. The van der Waals surface area contributed by atoms with Crippen LogP contribution in [-0.2, 0) is 4.74 Å². The summed E-state index contributed by atoms with van der Waals surface area (Å²) in [6, 6.07) is 0. The van der Waals surface area contributed by atoms with Crippen LogP contribution in [0, 0.1) is 5.92 Å². The van der Waals surface area contributed by atoms with E-state index in [9.17, 15) is 0 Å². The van der Waals surface area contributed by atoms with E-state index in [0.717, 1.165) is 12.5 Å². The SMILES string of the molecule is CCCC1CCCN(CC2CCC(CNC)O2)CC1. The van der Waals surface area contributed by atoms with Gasteiger partial charge >= 0.3 is 0 Å². The first-order valence-electron chi connectivity index (χ1n) is 8.34. The van der Waals surface area contributed by atoms with Crippen LogP contribution in [0.25, 0.3) is 0 Å². The molecule has 0 aromatic carbocycles. The van der Waals surface area contributed by atoms with Gasteiger partial charge in [0.15, 0.2) is 0 Å². The van der Waals surface area contributed by atoms with Crippen molar-refractivity contribution in [3.8, 4) is 0 Å². The highest BCUT2D eigenvalue weighted by molar-refractivity contribution is 4.79. The highest BCUT2D eigenvalue weighted by atomic mass is 16.5. The lowest BCUT2D eigenvalue weighted by Gasteiger charge is -2.24. The van der Waals surface area contributed by atoms with Gasteiger partial charge in [-0.15, -0.1) is 0 Å². The third kappa shape index (κ3) is 5.05. The van der Waals surface area contributed by atoms with Gasteiger partial charge in [0, 0.05) is 13.1 Å². The van der Waals surface area contributed by atoms with Crippen LogP contribution in [-0.4, -0.2) is 50.3 Å². The van der Waals surface area contributed by atoms with Gasteiger partial charge < -0.3 is 15.0 Å². The third-order valence-electron chi connectivity index (χ3n) is 4.73. The minimum absolute atomic E-state index is 0.454. The fourth-order valence-corrected chi connectivity index (χ4v) is 3.68. The van der Waals surface area contributed by atoms with Crippen molar-refractivity contribution in [1.82, 2.24) is 10.2 Å². The smallest absolute Gasteiger partial charge is 0.0707 e. The Morgan fingerprint density at radius 3 is 2.74 bits per heavy atom. The molecule has 2 rings (SSSR count). The lowest BCUT2D eigenvalue weighted by Crippen LogP contribution is -2.34. The molecule has 0 bridgehead atoms. The summed E-state index contributed by atoms with van der Waals surface area (Å²) in [6.45, 7) is 7.07. The Labute approximate surface area is 119 Å². The van der Waals surface area contributed by atoms with Crippen LogP contribution >= 0.6 is 0 Å². The van der Waals surface area contributed by atoms with E-state index in [2.05, 4.69) is 17.1 Å². The molecule has 2 heterocycles. The first-order chi connectivity index (χ1) is 9.31. The van der Waals surface area contributed by atoms with Gasteiger partial charge in [0.1, 0.15) is 0 Å². The largest absolute Gasteiger partial charge is 0.372 e. The van der Waals surface area contributed by atoms with Crippen molar-refractivity contribution in [2.75, 3.05) is 33.2 Å². The molecule has 2 saturated heterocycles. The van der Waals surface area contributed by atoms with Crippen molar-refractivity contribution >= 4 is 0 Å². The maximum Gasteiger partial charge on any atom is 0.0707 e. The number of likely N-dealkylation sites (tertiary alicyclic amines) is 1. The van der Waals surface area contributed by atoms with Crippen LogP contribution in [0.2, 0.25) is 0 Å². The summed E-state index contributed by atoms with van der Waals surface area (Å²) >= 11 is 0. The average molecular weight is 268 g/mol. The summed E-state index contributed by atoms with van der Waals surface area (Å²) in [5.41, 5.74) is 0. The lowest BCUT2D eigenvalue weighted by molar-refractivity contribution is 0.0246. The van der Waals surface area contributed by atoms with Gasteiger partial charge in [0.25, 0.3) is 0 Å². The molecule has 3 nitrogen and oxygen atoms in total. The van der Waals surface area contributed by atoms with Crippen molar-refractivity contribution in [2.24, 2.45) is 5.92 Å². The van der Waals surface area contributed by atoms with Crippen molar-refractivity contribution in [2.45, 2.75) is 64.1 Å². The lowest BCUT2D eigenvalue weighted by atomic mass is 9.96. The van der Waals surface area contributed by atoms with Crippen LogP contribution < -0.4 is 5.32 Å². The van der Waals surface area contributed by atoms with Crippen LogP contribution in [0.1, 0.15) is 51.9 Å². The number of ether oxygens (including phenoxy) is 1. The van der Waals surface area contributed by atoms with Gasteiger partial charge in [-0.1, -0.05) is 19.8 Å². The molecule has 0 radical (unpaired) electrons. The van der Waals surface area contributed by atoms with Crippen LogP contribution in [0.5, 0.6) is 0 Å². The molecule has 0 aromatic rings. The Bertz CT molecular complexity index is 247. The van der Waals surface area contributed by atoms with E-state index in [1.54, 1.807) is 0 Å². The fourth-order valence-electron chi connectivity index (χ4n) is 3.68. The van der Waals surface area contributed by atoms with E-state index in [1.807, 2.05) is 7.05 Å². The van der Waals surface area contributed by atoms with Crippen molar-refractivity contribution in [3.05, 3.63) is 0 Å². The van der Waals surface area contributed by atoms with Gasteiger partial charge in [0.05, 0.1) is 12.2 Å². The van der Waals surface area contributed by atoms with Crippen molar-refractivity contribution in [3.63, 3.8) is 0 Å². The number of hydrogen-bond donors (Lipinski definition) is 1. The summed E-state index contributed by atoms with van der Waals surface area (Å²) in [7, 11) is 2.01. The number of hydrogen-bond acceptors (Lipinski definition) is 3. The topological polar surface area (TPSA) is 24.5 Å². The molecule has 3 unspecified atom stereocenters. The quantitative estimate of drug-likeness (QED) is 0.801. The van der Waals surface area contributed by atoms with E-state index < -0.39 is 0 Å². The molecule has 3 atom stereocenters. The maximum absolute atomic E-state index is 6.12. The molecule has 0 aromatic heterocycles. The van der Waals surface area contributed by atoms with Gasteiger partial charge in [-0.3, -0.25) is 0 Å². The molecule has 1 N–H and O–H groups in total. The minimum atomic E-state index is 0.454. The number of nitrogens with one attached hydrogen (secondary N) is 1. The van der Waals surface area contributed by atoms with Crippen LogP contribution in [0.4, 0.5) is 0 Å². The van der Waals surface area contributed by atoms with E-state index >= 15 is 0 Å². The molecule has 2 fully saturated rings. The Morgan fingerprint density at radius 2 is 1.95 bits per heavy atom. The molecular weight excluding hydrogens is 236 g/mol. The molecule has 19 heavy (non-hydrogen) atoms. The van der Waals surface area contributed by atoms with Gasteiger partial charge in [0.2, 0.25) is 0 Å². The predicted molar refractivity (Wildman–Crippen MR) is 80.5 cm³/mol.